The molecule has 2 amide bonds. The third kappa shape index (κ3) is 4.80. The first-order valence-electron chi connectivity index (χ1n) is 5.24. The van der Waals surface area contributed by atoms with Crippen molar-refractivity contribution in [3.8, 4) is 0 Å². The number of carbonyl (C=O) groups excluding carboxylic acids is 2. The summed E-state index contributed by atoms with van der Waals surface area (Å²) in [5.74, 6) is -0.991. The summed E-state index contributed by atoms with van der Waals surface area (Å²) in [7, 11) is -3.76. The van der Waals surface area contributed by atoms with Gasteiger partial charge in [0.05, 0.1) is 0 Å². The minimum Gasteiger partial charge on any atom is -0.295 e. The van der Waals surface area contributed by atoms with E-state index >= 15 is 0 Å². The Kier molecular flexibility index (Phi) is 3.90. The highest BCUT2D eigenvalue weighted by Gasteiger charge is 2.31. The van der Waals surface area contributed by atoms with Gasteiger partial charge in [0.25, 0.3) is 10.2 Å². The maximum absolute atomic E-state index is 11.7. The molecule has 0 aromatic heterocycles. The summed E-state index contributed by atoms with van der Waals surface area (Å²) in [6.07, 6.45) is 0.310. The third-order valence-electron chi connectivity index (χ3n) is 1.98. The second kappa shape index (κ2) is 4.71. The van der Waals surface area contributed by atoms with E-state index in [-0.39, 0.29) is 18.7 Å². The van der Waals surface area contributed by atoms with Gasteiger partial charge in [0.15, 0.2) is 0 Å². The first-order chi connectivity index (χ1) is 7.59. The van der Waals surface area contributed by atoms with Crippen molar-refractivity contribution in [2.24, 2.45) is 0 Å². The number of carbonyl (C=O) groups is 2. The van der Waals surface area contributed by atoms with Gasteiger partial charge in [0.1, 0.15) is 6.04 Å². The minimum atomic E-state index is -3.76. The summed E-state index contributed by atoms with van der Waals surface area (Å²) in [6.45, 7) is 5.07. The normalized spacial score (nSPS) is 22.4. The molecular weight excluding hydrogens is 246 g/mol. The number of rotatable bonds is 3. The lowest BCUT2D eigenvalue weighted by Crippen LogP contribution is -2.56. The Hall–Kier alpha value is -0.990. The van der Waals surface area contributed by atoms with Gasteiger partial charge in [-0.1, -0.05) is 0 Å². The van der Waals surface area contributed by atoms with Crippen LogP contribution in [-0.4, -0.2) is 31.8 Å². The Balaban J connectivity index is 2.65. The Morgan fingerprint density at radius 2 is 1.88 bits per heavy atom. The zero-order chi connectivity index (χ0) is 13.3. The SMILES string of the molecule is CC(C)(C)NS(=O)(=O)NC1CCC(=O)NC1=O. The number of amides is 2. The molecule has 7 nitrogen and oxygen atoms in total. The molecule has 1 aliphatic rings. The largest absolute Gasteiger partial charge is 0.295 e. The fourth-order valence-corrected chi connectivity index (χ4v) is 2.89. The van der Waals surface area contributed by atoms with Gasteiger partial charge < -0.3 is 0 Å². The summed E-state index contributed by atoms with van der Waals surface area (Å²) in [5.41, 5.74) is -0.632. The molecule has 0 radical (unpaired) electrons. The maximum atomic E-state index is 11.7. The smallest absolute Gasteiger partial charge is 0.278 e. The number of hydrogen-bond donors (Lipinski definition) is 3. The predicted octanol–water partition coefficient (Wildman–Crippen LogP) is -0.986. The van der Waals surface area contributed by atoms with E-state index < -0.39 is 27.7 Å². The van der Waals surface area contributed by atoms with Crippen molar-refractivity contribution in [2.75, 3.05) is 0 Å². The molecule has 98 valence electrons. The first-order valence-corrected chi connectivity index (χ1v) is 6.72. The Labute approximate surface area is 101 Å². The quantitative estimate of drug-likeness (QED) is 0.569. The maximum Gasteiger partial charge on any atom is 0.278 e. The molecular formula is C9H17N3O4S. The molecule has 1 atom stereocenters. The monoisotopic (exact) mass is 263 g/mol. The molecule has 0 spiro atoms. The predicted molar refractivity (Wildman–Crippen MR) is 61.1 cm³/mol. The molecule has 0 aliphatic carbocycles. The standard InChI is InChI=1S/C9H17N3O4S/c1-9(2,3)12-17(15,16)11-6-4-5-7(13)10-8(6)14/h6,11-12H,4-5H2,1-3H3,(H,10,13,14). The Bertz CT molecular complexity index is 424. The van der Waals surface area contributed by atoms with Crippen LogP contribution in [0.5, 0.6) is 0 Å². The van der Waals surface area contributed by atoms with Crippen molar-refractivity contribution in [1.29, 1.82) is 0 Å². The van der Waals surface area contributed by atoms with E-state index in [9.17, 15) is 18.0 Å². The van der Waals surface area contributed by atoms with Crippen molar-refractivity contribution >= 4 is 22.0 Å². The van der Waals surface area contributed by atoms with E-state index in [0.29, 0.717) is 0 Å². The molecule has 0 bridgehead atoms. The first kappa shape index (κ1) is 14.1. The highest BCUT2D eigenvalue weighted by molar-refractivity contribution is 7.87. The molecule has 0 aromatic rings. The Morgan fingerprint density at radius 1 is 1.29 bits per heavy atom. The summed E-state index contributed by atoms with van der Waals surface area (Å²) in [4.78, 5) is 22.2. The summed E-state index contributed by atoms with van der Waals surface area (Å²) in [5, 5.41) is 2.08. The van der Waals surface area contributed by atoms with Gasteiger partial charge in [-0.15, -0.1) is 0 Å². The molecule has 1 fully saturated rings. The second-order valence-corrected chi connectivity index (χ2v) is 6.42. The van der Waals surface area contributed by atoms with E-state index in [4.69, 9.17) is 0 Å². The molecule has 0 aromatic carbocycles. The van der Waals surface area contributed by atoms with Crippen LogP contribution in [0.4, 0.5) is 0 Å². The van der Waals surface area contributed by atoms with Crippen LogP contribution in [0.1, 0.15) is 33.6 Å². The molecule has 1 unspecified atom stereocenters. The Morgan fingerprint density at radius 3 is 2.35 bits per heavy atom. The van der Waals surface area contributed by atoms with Gasteiger partial charge >= 0.3 is 0 Å². The average Bonchev–Trinajstić information content (AvgIpc) is 2.05. The molecule has 1 aliphatic heterocycles. The van der Waals surface area contributed by atoms with Crippen LogP contribution in [0.15, 0.2) is 0 Å². The number of imide groups is 1. The van der Waals surface area contributed by atoms with Gasteiger partial charge in [-0.25, -0.2) is 0 Å². The lowest BCUT2D eigenvalue weighted by atomic mass is 10.1. The molecule has 3 N–H and O–H groups in total. The minimum absolute atomic E-state index is 0.133. The molecule has 1 saturated heterocycles. The molecule has 1 heterocycles. The highest BCUT2D eigenvalue weighted by Crippen LogP contribution is 2.07. The van der Waals surface area contributed by atoms with Crippen LogP contribution < -0.4 is 14.8 Å². The second-order valence-electron chi connectivity index (χ2n) is 4.98. The fraction of sp³-hybridized carbons (Fsp3) is 0.778. The van der Waals surface area contributed by atoms with Crippen LogP contribution in [0.3, 0.4) is 0 Å². The van der Waals surface area contributed by atoms with Crippen LogP contribution in [-0.2, 0) is 19.8 Å². The summed E-state index contributed by atoms with van der Waals surface area (Å²) >= 11 is 0. The number of hydrogen-bond acceptors (Lipinski definition) is 4. The van der Waals surface area contributed by atoms with Crippen LogP contribution >= 0.6 is 0 Å². The van der Waals surface area contributed by atoms with Crippen LogP contribution in [0.25, 0.3) is 0 Å². The van der Waals surface area contributed by atoms with Crippen LogP contribution in [0, 0.1) is 0 Å². The van der Waals surface area contributed by atoms with Crippen molar-refractivity contribution < 1.29 is 18.0 Å². The molecule has 17 heavy (non-hydrogen) atoms. The summed E-state index contributed by atoms with van der Waals surface area (Å²) in [6, 6.07) is -0.896. The van der Waals surface area contributed by atoms with Crippen molar-refractivity contribution in [2.45, 2.75) is 45.2 Å². The van der Waals surface area contributed by atoms with Crippen molar-refractivity contribution in [3.63, 3.8) is 0 Å². The lowest BCUT2D eigenvalue weighted by Gasteiger charge is -2.25. The van der Waals surface area contributed by atoms with E-state index in [1.165, 1.54) is 0 Å². The summed E-state index contributed by atoms with van der Waals surface area (Å²) < 4.78 is 27.9. The van der Waals surface area contributed by atoms with Gasteiger partial charge in [-0.05, 0) is 27.2 Å². The zero-order valence-electron chi connectivity index (χ0n) is 10.0. The molecule has 1 rings (SSSR count). The third-order valence-corrected chi connectivity index (χ3v) is 3.45. The van der Waals surface area contributed by atoms with Gasteiger partial charge in [-0.2, -0.15) is 17.9 Å². The van der Waals surface area contributed by atoms with E-state index in [0.717, 1.165) is 0 Å². The number of piperidine rings is 1. The van der Waals surface area contributed by atoms with Crippen molar-refractivity contribution in [1.82, 2.24) is 14.8 Å². The lowest BCUT2D eigenvalue weighted by molar-refractivity contribution is -0.134. The van der Waals surface area contributed by atoms with E-state index in [2.05, 4.69) is 14.8 Å². The topological polar surface area (TPSA) is 104 Å². The van der Waals surface area contributed by atoms with Crippen molar-refractivity contribution in [3.05, 3.63) is 0 Å². The zero-order valence-corrected chi connectivity index (χ0v) is 10.8. The molecule has 0 saturated carbocycles. The van der Waals surface area contributed by atoms with Crippen LogP contribution in [0.2, 0.25) is 0 Å². The fourth-order valence-electron chi connectivity index (χ4n) is 1.43. The molecule has 8 heteroatoms. The number of nitrogens with one attached hydrogen (secondary N) is 3. The van der Waals surface area contributed by atoms with Gasteiger partial charge in [0, 0.05) is 12.0 Å². The van der Waals surface area contributed by atoms with E-state index in [1.54, 1.807) is 20.8 Å². The van der Waals surface area contributed by atoms with Gasteiger partial charge in [0.2, 0.25) is 11.8 Å². The van der Waals surface area contributed by atoms with E-state index in [1.807, 2.05) is 0 Å². The average molecular weight is 263 g/mol. The highest BCUT2D eigenvalue weighted by atomic mass is 32.2. The van der Waals surface area contributed by atoms with Gasteiger partial charge in [-0.3, -0.25) is 14.9 Å².